The number of rotatable bonds is 2. The van der Waals surface area contributed by atoms with Gasteiger partial charge in [0.05, 0.1) is 12.2 Å². The van der Waals surface area contributed by atoms with E-state index in [1.165, 1.54) is 7.05 Å². The van der Waals surface area contributed by atoms with Crippen molar-refractivity contribution in [2.75, 3.05) is 12.8 Å². The quantitative estimate of drug-likeness (QED) is 0.436. The van der Waals surface area contributed by atoms with E-state index in [2.05, 4.69) is 17.9 Å². The number of likely N-dealkylation sites (N-methyl/N-ethyl adjacent to an activating group) is 1. The van der Waals surface area contributed by atoms with Crippen LogP contribution in [0.5, 0.6) is 0 Å². The van der Waals surface area contributed by atoms with Gasteiger partial charge < -0.3 is 5.32 Å². The van der Waals surface area contributed by atoms with Crippen LogP contribution >= 0.6 is 12.6 Å². The zero-order valence-corrected chi connectivity index (χ0v) is 8.01. The fourth-order valence-electron chi connectivity index (χ4n) is 1.11. The van der Waals surface area contributed by atoms with Gasteiger partial charge in [0.2, 0.25) is 11.8 Å². The molecule has 0 saturated carbocycles. The van der Waals surface area contributed by atoms with Gasteiger partial charge in [-0.2, -0.15) is 12.6 Å². The van der Waals surface area contributed by atoms with Crippen LogP contribution in [0.1, 0.15) is 6.42 Å². The Kier molecular flexibility index (Phi) is 2.92. The molecule has 72 valence electrons. The molecule has 0 aliphatic carbocycles. The molecule has 1 atom stereocenters. The lowest BCUT2D eigenvalue weighted by Crippen LogP contribution is -2.41. The van der Waals surface area contributed by atoms with Crippen LogP contribution in [0.3, 0.4) is 0 Å². The Morgan fingerprint density at radius 1 is 1.69 bits per heavy atom. The van der Waals surface area contributed by atoms with Crippen molar-refractivity contribution in [2.45, 2.75) is 12.5 Å². The van der Waals surface area contributed by atoms with Crippen LogP contribution in [-0.2, 0) is 14.4 Å². The molecule has 1 rings (SSSR count). The minimum absolute atomic E-state index is 0.0156. The van der Waals surface area contributed by atoms with Gasteiger partial charge in [0.25, 0.3) is 5.91 Å². The smallest absolute Gasteiger partial charge is 0.252 e. The van der Waals surface area contributed by atoms with Gasteiger partial charge in [-0.05, 0) is 0 Å². The van der Waals surface area contributed by atoms with Gasteiger partial charge in [-0.25, -0.2) is 0 Å². The van der Waals surface area contributed by atoms with E-state index in [0.717, 1.165) is 4.90 Å². The molecule has 1 heterocycles. The van der Waals surface area contributed by atoms with Crippen LogP contribution in [0.25, 0.3) is 0 Å². The van der Waals surface area contributed by atoms with Gasteiger partial charge in [0, 0.05) is 7.05 Å². The molecule has 0 aromatic rings. The summed E-state index contributed by atoms with van der Waals surface area (Å²) in [5, 5.41) is 2.41. The second-order valence-corrected chi connectivity index (χ2v) is 3.09. The number of imide groups is 1. The highest BCUT2D eigenvalue weighted by Gasteiger charge is 2.36. The topological polar surface area (TPSA) is 66.5 Å². The lowest BCUT2D eigenvalue weighted by atomic mass is 10.2. The molecule has 0 aromatic heterocycles. The monoisotopic (exact) mass is 202 g/mol. The van der Waals surface area contributed by atoms with Crippen molar-refractivity contribution in [1.29, 1.82) is 0 Å². The Labute approximate surface area is 80.9 Å². The number of thiol groups is 1. The van der Waals surface area contributed by atoms with Gasteiger partial charge in [0.15, 0.2) is 0 Å². The van der Waals surface area contributed by atoms with E-state index in [1.807, 2.05) is 0 Å². The van der Waals surface area contributed by atoms with Crippen molar-refractivity contribution in [2.24, 2.45) is 0 Å². The Bertz CT molecular complexity index is 266. The van der Waals surface area contributed by atoms with Crippen LogP contribution in [0.2, 0.25) is 0 Å². The zero-order chi connectivity index (χ0) is 10.0. The Morgan fingerprint density at radius 2 is 2.31 bits per heavy atom. The van der Waals surface area contributed by atoms with E-state index in [9.17, 15) is 14.4 Å². The van der Waals surface area contributed by atoms with Crippen molar-refractivity contribution in [3.05, 3.63) is 0 Å². The normalized spacial score (nSPS) is 22.3. The predicted octanol–water partition coefficient (Wildman–Crippen LogP) is -1.21. The van der Waals surface area contributed by atoms with Crippen molar-refractivity contribution < 1.29 is 14.4 Å². The summed E-state index contributed by atoms with van der Waals surface area (Å²) in [5.74, 6) is -0.957. The highest BCUT2D eigenvalue weighted by molar-refractivity contribution is 7.81. The zero-order valence-electron chi connectivity index (χ0n) is 7.11. The van der Waals surface area contributed by atoms with Crippen LogP contribution in [0, 0.1) is 0 Å². The lowest BCUT2D eigenvalue weighted by molar-refractivity contribution is -0.138. The maximum atomic E-state index is 11.2. The highest BCUT2D eigenvalue weighted by atomic mass is 32.1. The fourth-order valence-corrected chi connectivity index (χ4v) is 1.20. The summed E-state index contributed by atoms with van der Waals surface area (Å²) in [5.41, 5.74) is 0. The van der Waals surface area contributed by atoms with Crippen LogP contribution < -0.4 is 5.32 Å². The van der Waals surface area contributed by atoms with Crippen LogP contribution in [-0.4, -0.2) is 41.5 Å². The van der Waals surface area contributed by atoms with Gasteiger partial charge in [-0.15, -0.1) is 0 Å². The van der Waals surface area contributed by atoms with Gasteiger partial charge >= 0.3 is 0 Å². The highest BCUT2D eigenvalue weighted by Crippen LogP contribution is 2.10. The summed E-state index contributed by atoms with van der Waals surface area (Å²) in [6.07, 6.45) is 0.0504. The minimum atomic E-state index is -0.697. The maximum absolute atomic E-state index is 11.2. The minimum Gasteiger partial charge on any atom is -0.343 e. The first-order chi connectivity index (χ1) is 6.06. The number of nitrogens with one attached hydrogen (secondary N) is 1. The lowest BCUT2D eigenvalue weighted by Gasteiger charge is -2.09. The Hall–Kier alpha value is -1.04. The fraction of sp³-hybridized carbons (Fsp3) is 0.571. The number of carbonyl (C=O) groups is 3. The second-order valence-electron chi connectivity index (χ2n) is 2.77. The molecular formula is C7H10N2O3S. The number of carbonyl (C=O) groups excluding carboxylic acids is 3. The third-order valence-corrected chi connectivity index (χ3v) is 2.15. The molecule has 6 heteroatoms. The summed E-state index contributed by atoms with van der Waals surface area (Å²) < 4.78 is 0. The van der Waals surface area contributed by atoms with Crippen LogP contribution in [0.4, 0.5) is 0 Å². The van der Waals surface area contributed by atoms with E-state index in [4.69, 9.17) is 0 Å². The molecule has 1 aliphatic heterocycles. The Balaban J connectivity index is 2.59. The summed E-state index contributed by atoms with van der Waals surface area (Å²) in [6.45, 7) is 0. The number of hydrogen-bond donors (Lipinski definition) is 2. The average Bonchev–Trinajstić information content (AvgIpc) is 2.34. The summed E-state index contributed by atoms with van der Waals surface area (Å²) in [6, 6.07) is -0.697. The standard InChI is InChI=1S/C7H10N2O3S/c1-9-6(11)2-4(7(9)12)8-5(10)3-13/h4,13H,2-3H2,1H3,(H,8,10). The average molecular weight is 202 g/mol. The van der Waals surface area contributed by atoms with Gasteiger partial charge in [-0.1, -0.05) is 0 Å². The molecule has 0 bridgehead atoms. The number of amides is 3. The first kappa shape index (κ1) is 10.0. The largest absolute Gasteiger partial charge is 0.343 e. The van der Waals surface area contributed by atoms with Crippen LogP contribution in [0.15, 0.2) is 0 Å². The molecule has 3 amide bonds. The predicted molar refractivity (Wildman–Crippen MR) is 48.2 cm³/mol. The third kappa shape index (κ3) is 2.00. The van der Waals surface area contributed by atoms with Gasteiger partial charge in [-0.3, -0.25) is 19.3 Å². The summed E-state index contributed by atoms with van der Waals surface area (Å²) in [7, 11) is 1.40. The summed E-state index contributed by atoms with van der Waals surface area (Å²) >= 11 is 3.74. The second kappa shape index (κ2) is 3.78. The van der Waals surface area contributed by atoms with E-state index < -0.39 is 6.04 Å². The first-order valence-electron chi connectivity index (χ1n) is 3.77. The van der Waals surface area contributed by atoms with Crippen molar-refractivity contribution in [1.82, 2.24) is 10.2 Å². The molecule has 0 radical (unpaired) electrons. The molecule has 1 N–H and O–H groups in total. The molecule has 1 unspecified atom stereocenters. The van der Waals surface area contributed by atoms with E-state index in [-0.39, 0.29) is 29.9 Å². The first-order valence-corrected chi connectivity index (χ1v) is 4.40. The molecular weight excluding hydrogens is 192 g/mol. The van der Waals surface area contributed by atoms with E-state index in [1.54, 1.807) is 0 Å². The van der Waals surface area contributed by atoms with E-state index in [0.29, 0.717) is 0 Å². The summed E-state index contributed by atoms with van der Waals surface area (Å²) in [4.78, 5) is 34.1. The number of likely N-dealkylation sites (tertiary alicyclic amines) is 1. The van der Waals surface area contributed by atoms with Crippen molar-refractivity contribution in [3.63, 3.8) is 0 Å². The van der Waals surface area contributed by atoms with E-state index >= 15 is 0 Å². The van der Waals surface area contributed by atoms with Crippen molar-refractivity contribution in [3.8, 4) is 0 Å². The molecule has 0 spiro atoms. The SMILES string of the molecule is CN1C(=O)CC(NC(=O)CS)C1=O. The molecule has 5 nitrogen and oxygen atoms in total. The van der Waals surface area contributed by atoms with Gasteiger partial charge in [0.1, 0.15) is 6.04 Å². The molecule has 13 heavy (non-hydrogen) atoms. The molecule has 0 aromatic carbocycles. The molecule has 1 saturated heterocycles. The molecule has 1 fully saturated rings. The Morgan fingerprint density at radius 3 is 2.69 bits per heavy atom. The molecule has 1 aliphatic rings. The third-order valence-electron chi connectivity index (χ3n) is 1.86. The van der Waals surface area contributed by atoms with Crippen molar-refractivity contribution >= 4 is 30.4 Å². The number of nitrogens with zero attached hydrogens (tertiary/aromatic N) is 1. The maximum Gasteiger partial charge on any atom is 0.252 e. The number of hydrogen-bond acceptors (Lipinski definition) is 4.